The fourth-order valence-corrected chi connectivity index (χ4v) is 2.93. The molecule has 1 aromatic carbocycles. The number of carboxylic acids is 1. The van der Waals surface area contributed by atoms with Gasteiger partial charge in [0.15, 0.2) is 0 Å². The Bertz CT molecular complexity index is 472. The first-order valence-electron chi connectivity index (χ1n) is 6.76. The van der Waals surface area contributed by atoms with Crippen LogP contribution in [0, 0.1) is 5.41 Å². The number of halogens is 1. The minimum Gasteiger partial charge on any atom is -0.481 e. The largest absolute Gasteiger partial charge is 0.481 e. The predicted octanol–water partition coefficient (Wildman–Crippen LogP) is 2.65. The number of hydrogen-bond acceptors (Lipinski definition) is 3. The van der Waals surface area contributed by atoms with Gasteiger partial charge in [0.1, 0.15) is 0 Å². The predicted molar refractivity (Wildman–Crippen MR) is 77.9 cm³/mol. The number of carboxylic acid groups (broad SMARTS) is 1. The maximum Gasteiger partial charge on any atom is 0.311 e. The van der Waals surface area contributed by atoms with E-state index in [0.29, 0.717) is 44.2 Å². The average Bonchev–Trinajstić information content (AvgIpc) is 2.39. The molecule has 1 saturated heterocycles. The van der Waals surface area contributed by atoms with Crippen LogP contribution in [0.25, 0.3) is 0 Å². The van der Waals surface area contributed by atoms with Gasteiger partial charge >= 0.3 is 5.97 Å². The quantitative estimate of drug-likeness (QED) is 0.908. The highest BCUT2D eigenvalue weighted by molar-refractivity contribution is 6.30. The molecule has 0 aromatic heterocycles. The minimum atomic E-state index is -0.723. The van der Waals surface area contributed by atoms with Gasteiger partial charge in [-0.15, -0.1) is 0 Å². The second-order valence-corrected chi connectivity index (χ2v) is 5.94. The van der Waals surface area contributed by atoms with E-state index in [1.54, 1.807) is 0 Å². The zero-order valence-electron chi connectivity index (χ0n) is 11.6. The molecule has 0 amide bonds. The van der Waals surface area contributed by atoms with Crippen molar-refractivity contribution in [1.82, 2.24) is 4.90 Å². The van der Waals surface area contributed by atoms with E-state index in [-0.39, 0.29) is 0 Å². The number of benzene rings is 1. The molecule has 1 aromatic rings. The molecule has 20 heavy (non-hydrogen) atoms. The monoisotopic (exact) mass is 297 g/mol. The van der Waals surface area contributed by atoms with E-state index in [0.717, 1.165) is 5.56 Å². The molecule has 1 fully saturated rings. The highest BCUT2D eigenvalue weighted by Gasteiger charge is 2.40. The van der Waals surface area contributed by atoms with Gasteiger partial charge in [-0.2, -0.15) is 0 Å². The summed E-state index contributed by atoms with van der Waals surface area (Å²) in [6.45, 7) is 2.27. The van der Waals surface area contributed by atoms with Crippen molar-refractivity contribution in [3.8, 4) is 0 Å². The first-order chi connectivity index (χ1) is 9.52. The van der Waals surface area contributed by atoms with Crippen molar-refractivity contribution in [3.05, 3.63) is 34.9 Å². The molecule has 0 unspecified atom stereocenters. The third kappa shape index (κ3) is 3.72. The second kappa shape index (κ2) is 6.57. The summed E-state index contributed by atoms with van der Waals surface area (Å²) in [5.74, 6) is -0.723. The number of aliphatic carboxylic acids is 1. The SMILES string of the molecule is CN(Cc1cccc(Cl)c1)CC1(C(=O)O)CCOCC1. The molecular formula is C15H20ClNO3. The van der Waals surface area contributed by atoms with Crippen molar-refractivity contribution in [2.45, 2.75) is 19.4 Å². The molecule has 1 aliphatic heterocycles. The van der Waals surface area contributed by atoms with Gasteiger partial charge in [-0.3, -0.25) is 4.79 Å². The Morgan fingerprint density at radius 2 is 2.15 bits per heavy atom. The van der Waals surface area contributed by atoms with Gasteiger partial charge in [0.2, 0.25) is 0 Å². The Labute approximate surface area is 124 Å². The van der Waals surface area contributed by atoms with Gasteiger partial charge in [-0.05, 0) is 37.6 Å². The Hall–Kier alpha value is -1.10. The number of carbonyl (C=O) groups is 1. The summed E-state index contributed by atoms with van der Waals surface area (Å²) in [4.78, 5) is 13.7. The molecular weight excluding hydrogens is 278 g/mol. The highest BCUT2D eigenvalue weighted by Crippen LogP contribution is 2.32. The zero-order valence-corrected chi connectivity index (χ0v) is 12.4. The van der Waals surface area contributed by atoms with Crippen LogP contribution in [0.5, 0.6) is 0 Å². The molecule has 4 nitrogen and oxygen atoms in total. The smallest absolute Gasteiger partial charge is 0.311 e. The van der Waals surface area contributed by atoms with Crippen LogP contribution < -0.4 is 0 Å². The number of hydrogen-bond donors (Lipinski definition) is 1. The maximum absolute atomic E-state index is 11.6. The van der Waals surface area contributed by atoms with Gasteiger partial charge in [-0.1, -0.05) is 23.7 Å². The lowest BCUT2D eigenvalue weighted by Gasteiger charge is -2.36. The zero-order chi connectivity index (χ0) is 14.6. The van der Waals surface area contributed by atoms with E-state index < -0.39 is 11.4 Å². The summed E-state index contributed by atoms with van der Waals surface area (Å²) < 4.78 is 5.29. The van der Waals surface area contributed by atoms with Crippen LogP contribution >= 0.6 is 11.6 Å². The summed E-state index contributed by atoms with van der Waals surface area (Å²) in [6.07, 6.45) is 1.14. The summed E-state index contributed by atoms with van der Waals surface area (Å²) in [7, 11) is 1.95. The normalized spacial score (nSPS) is 18.1. The van der Waals surface area contributed by atoms with Crippen LogP contribution in [0.4, 0.5) is 0 Å². The molecule has 0 saturated carbocycles. The molecule has 0 radical (unpaired) electrons. The molecule has 0 spiro atoms. The van der Waals surface area contributed by atoms with E-state index in [1.165, 1.54) is 0 Å². The minimum absolute atomic E-state index is 0.525. The first-order valence-corrected chi connectivity index (χ1v) is 7.14. The first kappa shape index (κ1) is 15.3. The third-order valence-corrected chi connectivity index (χ3v) is 4.05. The van der Waals surface area contributed by atoms with Crippen molar-refractivity contribution in [3.63, 3.8) is 0 Å². The molecule has 0 bridgehead atoms. The van der Waals surface area contributed by atoms with Gasteiger partial charge in [0, 0.05) is 31.3 Å². The summed E-state index contributed by atoms with van der Waals surface area (Å²) in [5.41, 5.74) is 0.401. The molecule has 1 N–H and O–H groups in total. The van der Waals surface area contributed by atoms with Crippen molar-refractivity contribution >= 4 is 17.6 Å². The van der Waals surface area contributed by atoms with Crippen LogP contribution in [-0.4, -0.2) is 42.8 Å². The van der Waals surface area contributed by atoms with E-state index >= 15 is 0 Å². The summed E-state index contributed by atoms with van der Waals surface area (Å²) >= 11 is 5.97. The Kier molecular flexibility index (Phi) is 5.02. The second-order valence-electron chi connectivity index (χ2n) is 5.50. The van der Waals surface area contributed by atoms with Crippen LogP contribution in [-0.2, 0) is 16.1 Å². The Balaban J connectivity index is 2.01. The lowest BCUT2D eigenvalue weighted by atomic mass is 9.80. The average molecular weight is 298 g/mol. The van der Waals surface area contributed by atoms with E-state index in [9.17, 15) is 9.90 Å². The molecule has 0 atom stereocenters. The molecule has 110 valence electrons. The summed E-state index contributed by atoms with van der Waals surface area (Å²) in [6, 6.07) is 7.66. The van der Waals surface area contributed by atoms with E-state index in [4.69, 9.17) is 16.3 Å². The Morgan fingerprint density at radius 3 is 2.75 bits per heavy atom. The standard InChI is InChI=1S/C15H20ClNO3/c1-17(10-12-3-2-4-13(16)9-12)11-15(14(18)19)5-7-20-8-6-15/h2-4,9H,5-8,10-11H2,1H3,(H,18,19). The lowest BCUT2D eigenvalue weighted by molar-refractivity contribution is -0.156. The third-order valence-electron chi connectivity index (χ3n) is 3.82. The summed E-state index contributed by atoms with van der Waals surface area (Å²) in [5, 5.41) is 10.2. The number of ether oxygens (including phenoxy) is 1. The number of nitrogens with zero attached hydrogens (tertiary/aromatic N) is 1. The van der Waals surface area contributed by atoms with Crippen LogP contribution in [0.15, 0.2) is 24.3 Å². The maximum atomic E-state index is 11.6. The molecule has 2 rings (SSSR count). The molecule has 0 aliphatic carbocycles. The fourth-order valence-electron chi connectivity index (χ4n) is 2.72. The fraction of sp³-hybridized carbons (Fsp3) is 0.533. The number of rotatable bonds is 5. The van der Waals surface area contributed by atoms with E-state index in [1.807, 2.05) is 36.2 Å². The van der Waals surface area contributed by atoms with Crippen molar-refractivity contribution in [2.75, 3.05) is 26.8 Å². The van der Waals surface area contributed by atoms with Crippen LogP contribution in [0.1, 0.15) is 18.4 Å². The highest BCUT2D eigenvalue weighted by atomic mass is 35.5. The lowest BCUT2D eigenvalue weighted by Crippen LogP contribution is -2.45. The van der Waals surface area contributed by atoms with Gasteiger partial charge < -0.3 is 14.7 Å². The van der Waals surface area contributed by atoms with Crippen molar-refractivity contribution in [2.24, 2.45) is 5.41 Å². The van der Waals surface area contributed by atoms with Crippen LogP contribution in [0.2, 0.25) is 5.02 Å². The molecule has 5 heteroatoms. The van der Waals surface area contributed by atoms with Crippen LogP contribution in [0.3, 0.4) is 0 Å². The van der Waals surface area contributed by atoms with Crippen molar-refractivity contribution < 1.29 is 14.6 Å². The van der Waals surface area contributed by atoms with Gasteiger partial charge in [0.05, 0.1) is 5.41 Å². The van der Waals surface area contributed by atoms with Gasteiger partial charge in [-0.25, -0.2) is 0 Å². The Morgan fingerprint density at radius 1 is 1.45 bits per heavy atom. The molecule has 1 aliphatic rings. The topological polar surface area (TPSA) is 49.8 Å². The van der Waals surface area contributed by atoms with E-state index in [2.05, 4.69) is 0 Å². The van der Waals surface area contributed by atoms with Gasteiger partial charge in [0.25, 0.3) is 0 Å². The molecule has 1 heterocycles. The van der Waals surface area contributed by atoms with Crippen molar-refractivity contribution in [1.29, 1.82) is 0 Å².